The van der Waals surface area contributed by atoms with Crippen molar-refractivity contribution in [1.82, 2.24) is 4.90 Å². The molecule has 0 spiro atoms. The maximum atomic E-state index is 12.7. The number of unbranched alkanes of at least 4 members (excludes halogenated alkanes) is 25. The van der Waals surface area contributed by atoms with Crippen LogP contribution in [0.15, 0.2) is 36.5 Å². The molecule has 0 radical (unpaired) electrons. The van der Waals surface area contributed by atoms with E-state index >= 15 is 0 Å². The summed E-state index contributed by atoms with van der Waals surface area (Å²) >= 11 is 0. The minimum Gasteiger partial charge on any atom is -0.462 e. The summed E-state index contributed by atoms with van der Waals surface area (Å²) in [6.45, 7) is 4.30. The molecule has 346 valence electrons. The lowest BCUT2D eigenvalue weighted by atomic mass is 10.0. The molecule has 0 aromatic heterocycles. The fraction of sp³-hybridized carbons (Fsp3) is 0.837. The molecular formula is C49H92NO8P. The van der Waals surface area contributed by atoms with Crippen LogP contribution in [0.5, 0.6) is 0 Å². The van der Waals surface area contributed by atoms with Crippen molar-refractivity contribution >= 4 is 19.8 Å². The van der Waals surface area contributed by atoms with Gasteiger partial charge in [0.05, 0.1) is 13.2 Å². The third-order valence-corrected chi connectivity index (χ3v) is 11.4. The highest BCUT2D eigenvalue weighted by molar-refractivity contribution is 7.47. The van der Waals surface area contributed by atoms with Crippen molar-refractivity contribution < 1.29 is 37.6 Å². The van der Waals surface area contributed by atoms with E-state index in [0.717, 1.165) is 57.8 Å². The van der Waals surface area contributed by atoms with Crippen LogP contribution < -0.4 is 0 Å². The van der Waals surface area contributed by atoms with E-state index in [-0.39, 0.29) is 32.0 Å². The summed E-state index contributed by atoms with van der Waals surface area (Å²) in [5, 5.41) is 0. The predicted molar refractivity (Wildman–Crippen MR) is 248 cm³/mol. The summed E-state index contributed by atoms with van der Waals surface area (Å²) in [5.41, 5.74) is 0. The number of allylic oxidation sites excluding steroid dienone is 6. The van der Waals surface area contributed by atoms with Crippen molar-refractivity contribution in [3.05, 3.63) is 36.5 Å². The Morgan fingerprint density at radius 1 is 0.525 bits per heavy atom. The monoisotopic (exact) mass is 854 g/mol. The second kappa shape index (κ2) is 44.3. The molecule has 0 aliphatic heterocycles. The number of hydrogen-bond acceptors (Lipinski definition) is 8. The number of phosphoric acid groups is 1. The number of rotatable bonds is 45. The third kappa shape index (κ3) is 45.6. The minimum absolute atomic E-state index is 0.00359. The van der Waals surface area contributed by atoms with Gasteiger partial charge in [-0.25, -0.2) is 4.57 Å². The Balaban J connectivity index is 4.23. The molecular weight excluding hydrogens is 762 g/mol. The third-order valence-electron chi connectivity index (χ3n) is 10.4. The number of hydrogen-bond donors (Lipinski definition) is 1. The second-order valence-electron chi connectivity index (χ2n) is 16.6. The maximum absolute atomic E-state index is 12.7. The Hall–Kier alpha value is -1.77. The molecule has 0 amide bonds. The molecule has 1 N–H and O–H groups in total. The van der Waals surface area contributed by atoms with Crippen LogP contribution in [-0.4, -0.2) is 68.3 Å². The first kappa shape index (κ1) is 57.2. The molecule has 2 atom stereocenters. The minimum atomic E-state index is -4.37. The van der Waals surface area contributed by atoms with E-state index in [0.29, 0.717) is 13.0 Å². The summed E-state index contributed by atoms with van der Waals surface area (Å²) in [5.74, 6) is -0.819. The molecule has 0 bridgehead atoms. The summed E-state index contributed by atoms with van der Waals surface area (Å²) < 4.78 is 33.5. The van der Waals surface area contributed by atoms with Crippen molar-refractivity contribution in [3.8, 4) is 0 Å². The molecule has 0 saturated carbocycles. The van der Waals surface area contributed by atoms with Crippen LogP contribution in [0, 0.1) is 0 Å². The number of esters is 2. The van der Waals surface area contributed by atoms with E-state index in [1.54, 1.807) is 0 Å². The average molecular weight is 854 g/mol. The van der Waals surface area contributed by atoms with Crippen molar-refractivity contribution in [3.63, 3.8) is 0 Å². The van der Waals surface area contributed by atoms with Crippen molar-refractivity contribution in [1.29, 1.82) is 0 Å². The zero-order valence-corrected chi connectivity index (χ0v) is 39.6. The van der Waals surface area contributed by atoms with Gasteiger partial charge < -0.3 is 19.3 Å². The van der Waals surface area contributed by atoms with Gasteiger partial charge in [0, 0.05) is 19.4 Å². The summed E-state index contributed by atoms with van der Waals surface area (Å²) in [6, 6.07) is 0. The van der Waals surface area contributed by atoms with Gasteiger partial charge in [0.1, 0.15) is 6.61 Å². The van der Waals surface area contributed by atoms with Crippen LogP contribution >= 0.6 is 7.82 Å². The number of likely N-dealkylation sites (N-methyl/N-ethyl adjacent to an activating group) is 1. The summed E-state index contributed by atoms with van der Waals surface area (Å²) in [4.78, 5) is 37.1. The van der Waals surface area contributed by atoms with Crippen LogP contribution in [0.2, 0.25) is 0 Å². The largest absolute Gasteiger partial charge is 0.472 e. The SMILES string of the molecule is CCCCC/C=C\C/C=C\C/C=C\CCCCCCC(=O)OC(COC(=O)CCCCCCCCCCCCCCCCCCCCC)COP(=O)(O)OCCN(C)C. The predicted octanol–water partition coefficient (Wildman–Crippen LogP) is 14.3. The van der Waals surface area contributed by atoms with Crippen molar-refractivity contribution in [2.24, 2.45) is 0 Å². The van der Waals surface area contributed by atoms with E-state index in [1.807, 2.05) is 19.0 Å². The lowest BCUT2D eigenvalue weighted by Crippen LogP contribution is -2.29. The van der Waals surface area contributed by atoms with Gasteiger partial charge in [0.25, 0.3) is 0 Å². The van der Waals surface area contributed by atoms with Crippen LogP contribution in [0.25, 0.3) is 0 Å². The molecule has 0 aromatic carbocycles. The average Bonchev–Trinajstić information content (AvgIpc) is 3.20. The normalized spacial score (nSPS) is 13.6. The van der Waals surface area contributed by atoms with Gasteiger partial charge in [-0.3, -0.25) is 18.6 Å². The number of carbonyl (C=O) groups excluding carboxylic acids is 2. The summed E-state index contributed by atoms with van der Waals surface area (Å²) in [6.07, 6.45) is 49.0. The highest BCUT2D eigenvalue weighted by Crippen LogP contribution is 2.43. The van der Waals surface area contributed by atoms with E-state index in [9.17, 15) is 19.0 Å². The number of phosphoric ester groups is 1. The summed E-state index contributed by atoms with van der Waals surface area (Å²) in [7, 11) is -0.721. The number of carbonyl (C=O) groups is 2. The quantitative estimate of drug-likeness (QED) is 0.0277. The first-order valence-corrected chi connectivity index (χ1v) is 25.8. The molecule has 0 rings (SSSR count). The fourth-order valence-electron chi connectivity index (χ4n) is 6.70. The molecule has 59 heavy (non-hydrogen) atoms. The molecule has 0 saturated heterocycles. The van der Waals surface area contributed by atoms with Gasteiger partial charge in [0.15, 0.2) is 6.10 Å². The Kier molecular flexibility index (Phi) is 43.0. The van der Waals surface area contributed by atoms with E-state index in [4.69, 9.17) is 18.5 Å². The number of nitrogens with zero attached hydrogens (tertiary/aromatic N) is 1. The first-order valence-electron chi connectivity index (χ1n) is 24.3. The lowest BCUT2D eigenvalue weighted by Gasteiger charge is -2.20. The van der Waals surface area contributed by atoms with Crippen molar-refractivity contribution in [2.75, 3.05) is 40.5 Å². The second-order valence-corrected chi connectivity index (χ2v) is 18.1. The van der Waals surface area contributed by atoms with Crippen LogP contribution in [0.1, 0.15) is 219 Å². The molecule has 0 aromatic rings. The van der Waals surface area contributed by atoms with Gasteiger partial charge in [0.2, 0.25) is 0 Å². The van der Waals surface area contributed by atoms with Crippen LogP contribution in [-0.2, 0) is 32.7 Å². The fourth-order valence-corrected chi connectivity index (χ4v) is 7.44. The molecule has 0 aliphatic rings. The first-order chi connectivity index (χ1) is 28.7. The molecule has 0 aliphatic carbocycles. The standard InChI is InChI=1S/C49H92NO8P/c1-5-7-9-11-13-15-17-19-21-23-24-26-27-29-31-33-35-37-39-41-48(51)55-45-47(46-57-59(53,54)56-44-43-50(3)4)58-49(52)42-40-38-36-34-32-30-28-25-22-20-18-16-14-12-10-8-6-2/h14,16,20,22,28,30,47H,5-13,15,17-19,21,23-27,29,31-46H2,1-4H3,(H,53,54)/b16-14-,22-20-,30-28-. The molecule has 9 nitrogen and oxygen atoms in total. The van der Waals surface area contributed by atoms with Gasteiger partial charge in [-0.1, -0.05) is 192 Å². The zero-order valence-electron chi connectivity index (χ0n) is 38.7. The maximum Gasteiger partial charge on any atom is 0.472 e. The number of ether oxygens (including phenoxy) is 2. The highest BCUT2D eigenvalue weighted by Gasteiger charge is 2.26. The Labute approximate surface area is 363 Å². The molecule has 0 fully saturated rings. The van der Waals surface area contributed by atoms with Gasteiger partial charge in [-0.15, -0.1) is 0 Å². The van der Waals surface area contributed by atoms with E-state index < -0.39 is 26.5 Å². The lowest BCUT2D eigenvalue weighted by molar-refractivity contribution is -0.161. The van der Waals surface area contributed by atoms with Gasteiger partial charge in [-0.2, -0.15) is 0 Å². The van der Waals surface area contributed by atoms with Crippen molar-refractivity contribution in [2.45, 2.75) is 225 Å². The van der Waals surface area contributed by atoms with Crippen LogP contribution in [0.4, 0.5) is 0 Å². The van der Waals surface area contributed by atoms with Gasteiger partial charge in [-0.05, 0) is 65.5 Å². The Morgan fingerprint density at radius 3 is 1.39 bits per heavy atom. The molecule has 0 heterocycles. The Morgan fingerprint density at radius 2 is 0.915 bits per heavy atom. The molecule has 10 heteroatoms. The highest BCUT2D eigenvalue weighted by atomic mass is 31.2. The smallest absolute Gasteiger partial charge is 0.462 e. The van der Waals surface area contributed by atoms with Gasteiger partial charge >= 0.3 is 19.8 Å². The van der Waals surface area contributed by atoms with Crippen LogP contribution in [0.3, 0.4) is 0 Å². The topological polar surface area (TPSA) is 112 Å². The zero-order chi connectivity index (χ0) is 43.3. The Bertz CT molecular complexity index is 1080. The van der Waals surface area contributed by atoms with E-state index in [1.165, 1.54) is 128 Å². The molecule has 2 unspecified atom stereocenters. The van der Waals surface area contributed by atoms with E-state index in [2.05, 4.69) is 50.3 Å².